The predicted molar refractivity (Wildman–Crippen MR) is 96.0 cm³/mol. The van der Waals surface area contributed by atoms with Crippen LogP contribution in [-0.4, -0.2) is 22.7 Å². The largest absolute Gasteiger partial charge is 0.482 e. The van der Waals surface area contributed by atoms with E-state index in [4.69, 9.17) is 25.6 Å². The molecule has 0 fully saturated rings. The second-order valence-electron chi connectivity index (χ2n) is 5.74. The van der Waals surface area contributed by atoms with Gasteiger partial charge in [0.25, 0.3) is 5.89 Å². The van der Waals surface area contributed by atoms with Crippen LogP contribution in [0.3, 0.4) is 0 Å². The molecule has 0 aliphatic rings. The van der Waals surface area contributed by atoms with Crippen molar-refractivity contribution < 1.29 is 18.8 Å². The quantitative estimate of drug-likeness (QED) is 0.606. The summed E-state index contributed by atoms with van der Waals surface area (Å²) in [7, 11) is 0. The maximum atomic E-state index is 11.9. The van der Waals surface area contributed by atoms with E-state index in [-0.39, 0.29) is 19.1 Å². The fraction of sp³-hybridized carbons (Fsp3) is 0.211. The van der Waals surface area contributed by atoms with Crippen molar-refractivity contribution in [1.82, 2.24) is 10.1 Å². The number of hydrogen-bond donors (Lipinski definition) is 0. The third-order valence-electron chi connectivity index (χ3n) is 3.60. The first-order valence-corrected chi connectivity index (χ1v) is 8.33. The van der Waals surface area contributed by atoms with Crippen LogP contribution in [-0.2, 0) is 16.1 Å². The molecule has 134 valence electrons. The zero-order valence-corrected chi connectivity index (χ0v) is 15.1. The lowest BCUT2D eigenvalue weighted by Gasteiger charge is -2.09. The maximum Gasteiger partial charge on any atom is 0.344 e. The topological polar surface area (TPSA) is 74.5 Å². The average Bonchev–Trinajstić information content (AvgIpc) is 3.10. The minimum absolute atomic E-state index is 0.122. The molecule has 0 saturated heterocycles. The van der Waals surface area contributed by atoms with Gasteiger partial charge < -0.3 is 14.0 Å². The van der Waals surface area contributed by atoms with E-state index in [2.05, 4.69) is 10.1 Å². The van der Waals surface area contributed by atoms with E-state index in [1.807, 2.05) is 38.1 Å². The zero-order valence-electron chi connectivity index (χ0n) is 14.4. The van der Waals surface area contributed by atoms with E-state index < -0.39 is 5.97 Å². The molecule has 0 amide bonds. The molecule has 26 heavy (non-hydrogen) atoms. The summed E-state index contributed by atoms with van der Waals surface area (Å²) in [6, 6.07) is 12.9. The molecule has 3 rings (SSSR count). The highest BCUT2D eigenvalue weighted by Crippen LogP contribution is 2.20. The summed E-state index contributed by atoms with van der Waals surface area (Å²) in [5.41, 5.74) is 2.72. The molecule has 0 radical (unpaired) electrons. The fourth-order valence-electron chi connectivity index (χ4n) is 2.24. The summed E-state index contributed by atoms with van der Waals surface area (Å²) in [4.78, 5) is 16.0. The lowest BCUT2D eigenvalue weighted by molar-refractivity contribution is -0.148. The van der Waals surface area contributed by atoms with Gasteiger partial charge in [-0.05, 0) is 43.2 Å². The number of ether oxygens (including phenoxy) is 2. The van der Waals surface area contributed by atoms with Crippen molar-refractivity contribution in [2.75, 3.05) is 6.61 Å². The Hall–Kier alpha value is -2.86. The molecule has 1 aromatic heterocycles. The molecule has 6 nitrogen and oxygen atoms in total. The Morgan fingerprint density at radius 3 is 2.85 bits per heavy atom. The molecule has 3 aromatic rings. The van der Waals surface area contributed by atoms with Gasteiger partial charge >= 0.3 is 5.97 Å². The third-order valence-corrected chi connectivity index (χ3v) is 3.83. The van der Waals surface area contributed by atoms with E-state index >= 15 is 0 Å². The second-order valence-corrected chi connectivity index (χ2v) is 6.18. The number of halogens is 1. The Kier molecular flexibility index (Phi) is 5.53. The van der Waals surface area contributed by atoms with Crippen molar-refractivity contribution in [2.24, 2.45) is 0 Å². The first-order valence-electron chi connectivity index (χ1n) is 7.95. The Labute approximate surface area is 155 Å². The van der Waals surface area contributed by atoms with Crippen LogP contribution >= 0.6 is 11.6 Å². The maximum absolute atomic E-state index is 11.9. The van der Waals surface area contributed by atoms with E-state index in [9.17, 15) is 4.79 Å². The molecule has 0 saturated carbocycles. The van der Waals surface area contributed by atoms with Crippen LogP contribution in [0.4, 0.5) is 0 Å². The summed E-state index contributed by atoms with van der Waals surface area (Å²) < 4.78 is 15.7. The number of benzene rings is 2. The number of aryl methyl sites for hydroxylation is 2. The van der Waals surface area contributed by atoms with Crippen molar-refractivity contribution in [3.8, 4) is 17.1 Å². The van der Waals surface area contributed by atoms with Crippen molar-refractivity contribution in [2.45, 2.75) is 20.5 Å². The van der Waals surface area contributed by atoms with Gasteiger partial charge in [-0.25, -0.2) is 4.79 Å². The Morgan fingerprint density at radius 1 is 1.19 bits per heavy atom. The van der Waals surface area contributed by atoms with Gasteiger partial charge in [0, 0.05) is 10.6 Å². The van der Waals surface area contributed by atoms with Crippen LogP contribution in [0.1, 0.15) is 17.0 Å². The van der Waals surface area contributed by atoms with Gasteiger partial charge in [0.2, 0.25) is 5.82 Å². The number of hydrogen-bond acceptors (Lipinski definition) is 6. The van der Waals surface area contributed by atoms with Gasteiger partial charge in [-0.15, -0.1) is 0 Å². The molecule has 0 aliphatic carbocycles. The molecular weight excluding hydrogens is 356 g/mol. The number of nitrogens with zero attached hydrogens (tertiary/aromatic N) is 2. The van der Waals surface area contributed by atoms with Crippen LogP contribution in [0.25, 0.3) is 11.4 Å². The summed E-state index contributed by atoms with van der Waals surface area (Å²) >= 11 is 5.94. The predicted octanol–water partition coefficient (Wildman–Crippen LogP) is 4.13. The van der Waals surface area contributed by atoms with E-state index in [0.717, 1.165) is 16.7 Å². The smallest absolute Gasteiger partial charge is 0.344 e. The van der Waals surface area contributed by atoms with Crippen LogP contribution in [0.15, 0.2) is 47.0 Å². The lowest BCUT2D eigenvalue weighted by atomic mass is 10.1. The second kappa shape index (κ2) is 8.01. The first kappa shape index (κ1) is 17.9. The number of carbonyl (C=O) groups excluding carboxylic acids is 1. The van der Waals surface area contributed by atoms with E-state index in [0.29, 0.717) is 16.6 Å². The van der Waals surface area contributed by atoms with Crippen molar-refractivity contribution in [3.05, 3.63) is 64.5 Å². The third kappa shape index (κ3) is 4.61. The fourth-order valence-corrected chi connectivity index (χ4v) is 2.43. The minimum Gasteiger partial charge on any atom is -0.482 e. The highest BCUT2D eigenvalue weighted by molar-refractivity contribution is 6.30. The van der Waals surface area contributed by atoms with Gasteiger partial charge in [0.05, 0.1) is 0 Å². The molecule has 7 heteroatoms. The summed E-state index contributed by atoms with van der Waals surface area (Å²) in [6.45, 7) is 3.55. The summed E-state index contributed by atoms with van der Waals surface area (Å²) in [5.74, 6) is 0.710. The summed E-state index contributed by atoms with van der Waals surface area (Å²) in [5, 5.41) is 4.43. The van der Waals surface area contributed by atoms with Gasteiger partial charge in [0.15, 0.2) is 13.2 Å². The zero-order chi connectivity index (χ0) is 18.5. The lowest BCUT2D eigenvalue weighted by Crippen LogP contribution is -2.15. The number of rotatable bonds is 6. The Balaban J connectivity index is 1.53. The van der Waals surface area contributed by atoms with Crippen LogP contribution < -0.4 is 4.74 Å². The molecule has 0 unspecified atom stereocenters. The summed E-state index contributed by atoms with van der Waals surface area (Å²) in [6.07, 6.45) is 0. The average molecular weight is 373 g/mol. The molecule has 0 atom stereocenters. The van der Waals surface area contributed by atoms with Crippen LogP contribution in [0, 0.1) is 13.8 Å². The molecule has 2 aromatic carbocycles. The Morgan fingerprint density at radius 2 is 2.04 bits per heavy atom. The first-order chi connectivity index (χ1) is 12.5. The van der Waals surface area contributed by atoms with E-state index in [1.165, 1.54) is 0 Å². The highest BCUT2D eigenvalue weighted by atomic mass is 35.5. The number of esters is 1. The van der Waals surface area contributed by atoms with Gasteiger partial charge in [-0.3, -0.25) is 0 Å². The normalized spacial score (nSPS) is 10.6. The molecule has 0 N–H and O–H groups in total. The number of carbonyl (C=O) groups is 1. The standard InChI is InChI=1S/C19H17ClN2O4/c1-12-6-7-13(2)16(8-12)24-11-18(23)25-10-17-21-19(22-26-17)14-4-3-5-15(20)9-14/h3-9H,10-11H2,1-2H3. The molecular formula is C19H17ClN2O4. The van der Waals surface area contributed by atoms with Crippen LogP contribution in [0.5, 0.6) is 5.75 Å². The number of aromatic nitrogens is 2. The van der Waals surface area contributed by atoms with Crippen molar-refractivity contribution >= 4 is 17.6 Å². The van der Waals surface area contributed by atoms with Gasteiger partial charge in [-0.1, -0.05) is 41.0 Å². The molecule has 0 aliphatic heterocycles. The monoisotopic (exact) mass is 372 g/mol. The van der Waals surface area contributed by atoms with Crippen molar-refractivity contribution in [1.29, 1.82) is 0 Å². The molecule has 0 spiro atoms. The van der Waals surface area contributed by atoms with Crippen LogP contribution in [0.2, 0.25) is 5.02 Å². The van der Waals surface area contributed by atoms with Crippen molar-refractivity contribution in [3.63, 3.8) is 0 Å². The molecule has 1 heterocycles. The minimum atomic E-state index is -0.520. The highest BCUT2D eigenvalue weighted by Gasteiger charge is 2.12. The van der Waals surface area contributed by atoms with Gasteiger partial charge in [0.1, 0.15) is 5.75 Å². The molecule has 0 bridgehead atoms. The SMILES string of the molecule is Cc1ccc(C)c(OCC(=O)OCc2nc(-c3cccc(Cl)c3)no2)c1. The van der Waals surface area contributed by atoms with E-state index in [1.54, 1.807) is 18.2 Å². The van der Waals surface area contributed by atoms with Gasteiger partial charge in [-0.2, -0.15) is 4.98 Å². The Bertz CT molecular complexity index is 923.